The molecule has 1 aliphatic heterocycles. The number of carbonyl (C=O) groups is 1. The number of nitrogens with one attached hydrogen (secondary N) is 1. The third-order valence-corrected chi connectivity index (χ3v) is 6.39. The summed E-state index contributed by atoms with van der Waals surface area (Å²) in [5, 5.41) is 3.04. The number of fused-ring (bicyclic) bond motifs is 1. The minimum atomic E-state index is -0.00597. The molecule has 1 amide bonds. The first-order chi connectivity index (χ1) is 14.3. The molecule has 2 aliphatic rings. The van der Waals surface area contributed by atoms with Crippen LogP contribution in [0.5, 0.6) is 5.75 Å². The molecule has 1 aromatic heterocycles. The second kappa shape index (κ2) is 8.00. The van der Waals surface area contributed by atoms with Crippen LogP contribution in [-0.2, 0) is 9.53 Å². The molecule has 2 heterocycles. The second-order valence-corrected chi connectivity index (χ2v) is 8.39. The molecule has 0 bridgehead atoms. The second-order valence-electron chi connectivity index (χ2n) is 7.50. The Kier molecular flexibility index (Phi) is 5.08. The summed E-state index contributed by atoms with van der Waals surface area (Å²) in [5.41, 5.74) is 4.74. The Hall–Kier alpha value is -2.64. The molecule has 7 heteroatoms. The molecule has 1 aliphatic carbocycles. The zero-order valence-corrected chi connectivity index (χ0v) is 16.9. The molecule has 1 N–H and O–H groups in total. The molecule has 5 rings (SSSR count). The van der Waals surface area contributed by atoms with Crippen molar-refractivity contribution in [1.82, 2.24) is 4.98 Å². The van der Waals surface area contributed by atoms with Gasteiger partial charge in [-0.2, -0.15) is 0 Å². The number of nitrogens with zero attached hydrogens (tertiary/aromatic N) is 2. The minimum Gasteiger partial charge on any atom is -0.488 e. The van der Waals surface area contributed by atoms with Crippen molar-refractivity contribution in [1.29, 1.82) is 0 Å². The van der Waals surface area contributed by atoms with Gasteiger partial charge < -0.3 is 19.7 Å². The molecule has 1 saturated carbocycles. The SMILES string of the molecule is O=C(Nc1ccc(N2CCOCC2)cc1)[C@H]1C[C@H](Oc2cccc3scnc23)C1. The van der Waals surface area contributed by atoms with E-state index >= 15 is 0 Å². The number of morpholine rings is 1. The summed E-state index contributed by atoms with van der Waals surface area (Å²) in [5.74, 6) is 0.871. The van der Waals surface area contributed by atoms with Gasteiger partial charge in [0, 0.05) is 30.4 Å². The van der Waals surface area contributed by atoms with Crippen LogP contribution >= 0.6 is 11.3 Å². The Labute approximate surface area is 173 Å². The molecule has 0 atom stereocenters. The first-order valence-electron chi connectivity index (χ1n) is 9.99. The van der Waals surface area contributed by atoms with E-state index in [2.05, 4.69) is 27.3 Å². The van der Waals surface area contributed by atoms with E-state index in [4.69, 9.17) is 9.47 Å². The Balaban J connectivity index is 1.13. The Morgan fingerprint density at radius 3 is 2.72 bits per heavy atom. The summed E-state index contributed by atoms with van der Waals surface area (Å²) in [6.07, 6.45) is 1.54. The Morgan fingerprint density at radius 1 is 1.14 bits per heavy atom. The topological polar surface area (TPSA) is 63.7 Å². The van der Waals surface area contributed by atoms with Crippen LogP contribution in [0.25, 0.3) is 10.2 Å². The number of amides is 1. The highest BCUT2D eigenvalue weighted by Gasteiger charge is 2.36. The summed E-state index contributed by atoms with van der Waals surface area (Å²) >= 11 is 1.61. The van der Waals surface area contributed by atoms with Gasteiger partial charge in [-0.1, -0.05) is 6.07 Å². The highest BCUT2D eigenvalue weighted by atomic mass is 32.1. The van der Waals surface area contributed by atoms with Crippen molar-refractivity contribution in [3.63, 3.8) is 0 Å². The van der Waals surface area contributed by atoms with Crippen LogP contribution < -0.4 is 15.0 Å². The van der Waals surface area contributed by atoms with Crippen molar-refractivity contribution in [2.24, 2.45) is 5.92 Å². The zero-order chi connectivity index (χ0) is 19.6. The van der Waals surface area contributed by atoms with E-state index in [9.17, 15) is 4.79 Å². The van der Waals surface area contributed by atoms with Gasteiger partial charge in [0.25, 0.3) is 0 Å². The third-order valence-electron chi connectivity index (χ3n) is 5.59. The fourth-order valence-corrected chi connectivity index (χ4v) is 4.53. The predicted molar refractivity (Wildman–Crippen MR) is 115 cm³/mol. The van der Waals surface area contributed by atoms with E-state index in [1.54, 1.807) is 11.3 Å². The number of benzene rings is 2. The number of hydrogen-bond acceptors (Lipinski definition) is 6. The molecule has 1 saturated heterocycles. The van der Waals surface area contributed by atoms with Gasteiger partial charge >= 0.3 is 0 Å². The predicted octanol–water partition coefficient (Wildman–Crippen LogP) is 3.93. The molecule has 0 radical (unpaired) electrons. The highest BCUT2D eigenvalue weighted by molar-refractivity contribution is 7.16. The Morgan fingerprint density at radius 2 is 1.93 bits per heavy atom. The fourth-order valence-electron chi connectivity index (χ4n) is 3.83. The number of anilines is 2. The average molecular weight is 410 g/mol. The maximum atomic E-state index is 12.5. The lowest BCUT2D eigenvalue weighted by Crippen LogP contribution is -2.40. The summed E-state index contributed by atoms with van der Waals surface area (Å²) in [4.78, 5) is 19.2. The van der Waals surface area contributed by atoms with Gasteiger partial charge in [-0.15, -0.1) is 11.3 Å². The lowest BCUT2D eigenvalue weighted by Gasteiger charge is -2.34. The smallest absolute Gasteiger partial charge is 0.227 e. The van der Waals surface area contributed by atoms with Gasteiger partial charge in [0.05, 0.1) is 23.4 Å². The fraction of sp³-hybridized carbons (Fsp3) is 0.364. The molecule has 3 aromatic rings. The van der Waals surface area contributed by atoms with Crippen LogP contribution in [0.2, 0.25) is 0 Å². The number of carbonyl (C=O) groups excluding carboxylic acids is 1. The van der Waals surface area contributed by atoms with Gasteiger partial charge in [-0.05, 0) is 49.2 Å². The summed E-state index contributed by atoms with van der Waals surface area (Å²) in [6, 6.07) is 14.0. The van der Waals surface area contributed by atoms with Gasteiger partial charge in [0.1, 0.15) is 17.4 Å². The first kappa shape index (κ1) is 18.4. The molecule has 150 valence electrons. The van der Waals surface area contributed by atoms with Gasteiger partial charge in [-0.25, -0.2) is 4.98 Å². The molecule has 2 fully saturated rings. The largest absolute Gasteiger partial charge is 0.488 e. The van der Waals surface area contributed by atoms with Crippen LogP contribution in [0, 0.1) is 5.92 Å². The third kappa shape index (κ3) is 3.93. The van der Waals surface area contributed by atoms with Gasteiger partial charge in [-0.3, -0.25) is 4.79 Å². The number of rotatable bonds is 5. The first-order valence-corrected chi connectivity index (χ1v) is 10.9. The number of hydrogen-bond donors (Lipinski definition) is 1. The van der Waals surface area contributed by atoms with Crippen LogP contribution in [0.3, 0.4) is 0 Å². The van der Waals surface area contributed by atoms with E-state index in [0.717, 1.165) is 60.8 Å². The average Bonchev–Trinajstić information content (AvgIpc) is 3.21. The Bertz CT molecular complexity index is 992. The maximum absolute atomic E-state index is 12.5. The van der Waals surface area contributed by atoms with Crippen molar-refractivity contribution >= 4 is 38.8 Å². The lowest BCUT2D eigenvalue weighted by molar-refractivity contribution is -0.125. The minimum absolute atomic E-state index is 0.00597. The van der Waals surface area contributed by atoms with Gasteiger partial charge in [0.15, 0.2) is 0 Å². The van der Waals surface area contributed by atoms with Crippen LogP contribution in [0.1, 0.15) is 12.8 Å². The van der Waals surface area contributed by atoms with Crippen molar-refractivity contribution in [2.75, 3.05) is 36.5 Å². The highest BCUT2D eigenvalue weighted by Crippen LogP contribution is 2.35. The van der Waals surface area contributed by atoms with Crippen LogP contribution in [0.15, 0.2) is 48.0 Å². The monoisotopic (exact) mass is 409 g/mol. The summed E-state index contributed by atoms with van der Waals surface area (Å²) < 4.78 is 12.6. The molecule has 29 heavy (non-hydrogen) atoms. The van der Waals surface area contributed by atoms with E-state index in [0.29, 0.717) is 0 Å². The van der Waals surface area contributed by atoms with E-state index in [-0.39, 0.29) is 17.9 Å². The molecular formula is C22H23N3O3S. The van der Waals surface area contributed by atoms with E-state index in [1.165, 1.54) is 5.69 Å². The number of aromatic nitrogens is 1. The molecule has 2 aromatic carbocycles. The van der Waals surface area contributed by atoms with Crippen molar-refractivity contribution < 1.29 is 14.3 Å². The van der Waals surface area contributed by atoms with Gasteiger partial charge in [0.2, 0.25) is 5.91 Å². The van der Waals surface area contributed by atoms with Crippen molar-refractivity contribution in [3.8, 4) is 5.75 Å². The number of ether oxygens (including phenoxy) is 2. The summed E-state index contributed by atoms with van der Waals surface area (Å²) in [7, 11) is 0. The number of thiazole rings is 1. The van der Waals surface area contributed by atoms with E-state index < -0.39 is 0 Å². The standard InChI is InChI=1S/C22H23N3O3S/c26-22(24-16-4-6-17(7-5-16)25-8-10-27-11-9-25)15-12-18(13-15)28-19-2-1-3-20-21(19)23-14-29-20/h1-7,14-15,18H,8-13H2,(H,24,26)/t15-,18-. The van der Waals surface area contributed by atoms with Crippen LogP contribution in [-0.4, -0.2) is 43.3 Å². The summed E-state index contributed by atoms with van der Waals surface area (Å²) in [6.45, 7) is 3.34. The van der Waals surface area contributed by atoms with Crippen molar-refractivity contribution in [3.05, 3.63) is 48.0 Å². The lowest BCUT2D eigenvalue weighted by atomic mass is 9.81. The molecule has 6 nitrogen and oxygen atoms in total. The maximum Gasteiger partial charge on any atom is 0.227 e. The quantitative estimate of drug-likeness (QED) is 0.692. The molecule has 0 unspecified atom stereocenters. The van der Waals surface area contributed by atoms with Crippen LogP contribution in [0.4, 0.5) is 11.4 Å². The van der Waals surface area contributed by atoms with E-state index in [1.807, 2.05) is 35.8 Å². The zero-order valence-electron chi connectivity index (χ0n) is 16.0. The number of para-hydroxylation sites is 1. The molecular weight excluding hydrogens is 386 g/mol. The van der Waals surface area contributed by atoms with Crippen molar-refractivity contribution in [2.45, 2.75) is 18.9 Å². The normalized spacial score (nSPS) is 21.6. The molecule has 0 spiro atoms.